The van der Waals surface area contributed by atoms with E-state index in [1.807, 2.05) is 0 Å². The molecule has 0 unspecified atom stereocenters. The third kappa shape index (κ3) is 1.57. The number of rotatable bonds is 2. The monoisotopic (exact) mass is 194 g/mol. The van der Waals surface area contributed by atoms with Crippen molar-refractivity contribution >= 4 is 11.6 Å². The average molecular weight is 194 g/mol. The van der Waals surface area contributed by atoms with Gasteiger partial charge in [0.1, 0.15) is 5.69 Å². The van der Waals surface area contributed by atoms with Gasteiger partial charge in [0.05, 0.1) is 11.9 Å². The molecule has 1 aliphatic carbocycles. The van der Waals surface area contributed by atoms with Gasteiger partial charge in [0, 0.05) is 6.04 Å². The first-order valence-corrected chi connectivity index (χ1v) is 4.76. The smallest absolute Gasteiger partial charge is 0.271 e. The van der Waals surface area contributed by atoms with Crippen LogP contribution < -0.4 is 11.1 Å². The van der Waals surface area contributed by atoms with Crippen LogP contribution in [0.1, 0.15) is 30.3 Å². The highest BCUT2D eigenvalue weighted by Crippen LogP contribution is 2.26. The van der Waals surface area contributed by atoms with Crippen molar-refractivity contribution in [3.8, 4) is 0 Å². The number of aromatic nitrogens is 2. The summed E-state index contributed by atoms with van der Waals surface area (Å²) in [4.78, 5) is 11.6. The summed E-state index contributed by atoms with van der Waals surface area (Å²) in [7, 11) is 0. The molecule has 0 atom stereocenters. The van der Waals surface area contributed by atoms with E-state index in [0.717, 1.165) is 18.8 Å². The number of amides is 1. The Balaban J connectivity index is 1.93. The fourth-order valence-corrected chi connectivity index (χ4v) is 1.76. The number of nitrogen functional groups attached to an aromatic ring is 1. The number of nitrogens with zero attached hydrogens (tertiary/aromatic N) is 1. The van der Waals surface area contributed by atoms with E-state index < -0.39 is 0 Å². The first kappa shape index (κ1) is 9.05. The van der Waals surface area contributed by atoms with E-state index in [4.69, 9.17) is 5.73 Å². The Labute approximate surface area is 82.1 Å². The summed E-state index contributed by atoms with van der Waals surface area (Å²) >= 11 is 0. The number of carbonyl (C=O) groups is 1. The molecule has 0 spiro atoms. The molecule has 0 saturated heterocycles. The Morgan fingerprint density at radius 1 is 1.71 bits per heavy atom. The lowest BCUT2D eigenvalue weighted by Crippen LogP contribution is -2.43. The highest BCUT2D eigenvalue weighted by atomic mass is 16.2. The third-order valence-electron chi connectivity index (χ3n) is 2.60. The SMILES string of the molecule is CC1CC(NC(=O)c2[nH]ncc2N)C1. The zero-order chi connectivity index (χ0) is 10.1. The Hall–Kier alpha value is -1.52. The fraction of sp³-hybridized carbons (Fsp3) is 0.556. The number of H-pyrrole nitrogens is 1. The number of nitrogens with one attached hydrogen (secondary N) is 2. The molecule has 1 aromatic rings. The predicted molar refractivity (Wildman–Crippen MR) is 52.7 cm³/mol. The summed E-state index contributed by atoms with van der Waals surface area (Å²) in [6.07, 6.45) is 3.55. The molecule has 5 nitrogen and oxygen atoms in total. The quantitative estimate of drug-likeness (QED) is 0.641. The topological polar surface area (TPSA) is 83.8 Å². The predicted octanol–water partition coefficient (Wildman–Crippen LogP) is 0.520. The molecule has 1 fully saturated rings. The first-order chi connectivity index (χ1) is 6.66. The van der Waals surface area contributed by atoms with Gasteiger partial charge in [0.25, 0.3) is 5.91 Å². The molecule has 1 amide bonds. The molecule has 1 aromatic heterocycles. The molecule has 76 valence electrons. The van der Waals surface area contributed by atoms with Crippen LogP contribution in [0.2, 0.25) is 0 Å². The fourth-order valence-electron chi connectivity index (χ4n) is 1.76. The van der Waals surface area contributed by atoms with Crippen LogP contribution in [0.15, 0.2) is 6.20 Å². The van der Waals surface area contributed by atoms with Gasteiger partial charge in [-0.15, -0.1) is 0 Å². The minimum atomic E-state index is -0.156. The molecule has 4 N–H and O–H groups in total. The summed E-state index contributed by atoms with van der Waals surface area (Å²) in [5.74, 6) is 0.566. The van der Waals surface area contributed by atoms with E-state index in [1.54, 1.807) is 0 Å². The van der Waals surface area contributed by atoms with E-state index in [1.165, 1.54) is 6.20 Å². The van der Waals surface area contributed by atoms with Crippen molar-refractivity contribution in [2.75, 3.05) is 5.73 Å². The number of aromatic amines is 1. The maximum Gasteiger partial charge on any atom is 0.271 e. The van der Waals surface area contributed by atoms with Crippen LogP contribution in [-0.4, -0.2) is 22.1 Å². The van der Waals surface area contributed by atoms with Crippen LogP contribution in [0.25, 0.3) is 0 Å². The molecular weight excluding hydrogens is 180 g/mol. The molecule has 1 aliphatic rings. The molecule has 0 aromatic carbocycles. The van der Waals surface area contributed by atoms with Crippen LogP contribution in [0.3, 0.4) is 0 Å². The number of hydrogen-bond donors (Lipinski definition) is 3. The number of anilines is 1. The largest absolute Gasteiger partial charge is 0.396 e. The van der Waals surface area contributed by atoms with Crippen molar-refractivity contribution < 1.29 is 4.79 Å². The van der Waals surface area contributed by atoms with E-state index >= 15 is 0 Å². The molecule has 1 heterocycles. The van der Waals surface area contributed by atoms with Gasteiger partial charge in [0.2, 0.25) is 0 Å². The Bertz CT molecular complexity index is 340. The van der Waals surface area contributed by atoms with Crippen LogP contribution >= 0.6 is 0 Å². The maximum atomic E-state index is 11.6. The van der Waals surface area contributed by atoms with E-state index in [9.17, 15) is 4.79 Å². The van der Waals surface area contributed by atoms with Gasteiger partial charge in [-0.2, -0.15) is 5.10 Å². The van der Waals surface area contributed by atoms with Gasteiger partial charge in [-0.05, 0) is 18.8 Å². The van der Waals surface area contributed by atoms with E-state index in [-0.39, 0.29) is 5.91 Å². The second-order valence-electron chi connectivity index (χ2n) is 3.95. The minimum absolute atomic E-state index is 0.156. The summed E-state index contributed by atoms with van der Waals surface area (Å²) in [5.41, 5.74) is 6.31. The Morgan fingerprint density at radius 3 is 2.93 bits per heavy atom. The molecule has 0 radical (unpaired) electrons. The normalized spacial score (nSPS) is 25.5. The summed E-state index contributed by atoms with van der Waals surface area (Å²) in [6, 6.07) is 0.306. The third-order valence-corrected chi connectivity index (χ3v) is 2.60. The zero-order valence-corrected chi connectivity index (χ0v) is 8.08. The van der Waals surface area contributed by atoms with Gasteiger partial charge < -0.3 is 11.1 Å². The van der Waals surface area contributed by atoms with Crippen LogP contribution in [0, 0.1) is 5.92 Å². The molecule has 1 saturated carbocycles. The number of carbonyl (C=O) groups excluding carboxylic acids is 1. The summed E-state index contributed by atoms with van der Waals surface area (Å²) < 4.78 is 0. The second kappa shape index (κ2) is 3.32. The minimum Gasteiger partial charge on any atom is -0.396 e. The van der Waals surface area contributed by atoms with Crippen molar-refractivity contribution in [1.29, 1.82) is 0 Å². The summed E-state index contributed by atoms with van der Waals surface area (Å²) in [5, 5.41) is 9.18. The highest BCUT2D eigenvalue weighted by molar-refractivity contribution is 5.97. The second-order valence-corrected chi connectivity index (χ2v) is 3.95. The van der Waals surface area contributed by atoms with Crippen LogP contribution in [0.4, 0.5) is 5.69 Å². The van der Waals surface area contributed by atoms with Crippen molar-refractivity contribution in [3.05, 3.63) is 11.9 Å². The van der Waals surface area contributed by atoms with Gasteiger partial charge in [-0.3, -0.25) is 9.89 Å². The van der Waals surface area contributed by atoms with Crippen LogP contribution in [-0.2, 0) is 0 Å². The highest BCUT2D eigenvalue weighted by Gasteiger charge is 2.27. The summed E-state index contributed by atoms with van der Waals surface area (Å²) in [6.45, 7) is 2.17. The molecule has 14 heavy (non-hydrogen) atoms. The maximum absolute atomic E-state index is 11.6. The zero-order valence-electron chi connectivity index (χ0n) is 8.08. The lowest BCUT2D eigenvalue weighted by Gasteiger charge is -2.33. The number of hydrogen-bond acceptors (Lipinski definition) is 3. The standard InChI is InChI=1S/C9H14N4O/c1-5-2-6(3-5)12-9(14)8-7(10)4-11-13-8/h4-6H,2-3,10H2,1H3,(H,11,13)(H,12,14). The van der Waals surface area contributed by atoms with Crippen molar-refractivity contribution in [2.45, 2.75) is 25.8 Å². The van der Waals surface area contributed by atoms with E-state index in [0.29, 0.717) is 17.4 Å². The lowest BCUT2D eigenvalue weighted by molar-refractivity contribution is 0.0892. The Morgan fingerprint density at radius 2 is 2.43 bits per heavy atom. The van der Waals surface area contributed by atoms with Gasteiger partial charge >= 0.3 is 0 Å². The van der Waals surface area contributed by atoms with Crippen LogP contribution in [0.5, 0.6) is 0 Å². The van der Waals surface area contributed by atoms with Crippen molar-refractivity contribution in [2.24, 2.45) is 5.92 Å². The van der Waals surface area contributed by atoms with Crippen molar-refractivity contribution in [1.82, 2.24) is 15.5 Å². The molecule has 0 aliphatic heterocycles. The van der Waals surface area contributed by atoms with Gasteiger partial charge in [-0.25, -0.2) is 0 Å². The molecular formula is C9H14N4O. The van der Waals surface area contributed by atoms with E-state index in [2.05, 4.69) is 22.4 Å². The van der Waals surface area contributed by atoms with Crippen molar-refractivity contribution in [3.63, 3.8) is 0 Å². The average Bonchev–Trinajstić information content (AvgIpc) is 2.48. The molecule has 5 heteroatoms. The first-order valence-electron chi connectivity index (χ1n) is 4.76. The van der Waals surface area contributed by atoms with Gasteiger partial charge in [0.15, 0.2) is 0 Å². The molecule has 0 bridgehead atoms. The van der Waals surface area contributed by atoms with Gasteiger partial charge in [-0.1, -0.05) is 6.92 Å². The Kier molecular flexibility index (Phi) is 2.15. The molecule has 2 rings (SSSR count). The lowest BCUT2D eigenvalue weighted by atomic mass is 9.82. The number of nitrogens with two attached hydrogens (primary N) is 1.